The van der Waals surface area contributed by atoms with Crippen LogP contribution in [-0.2, 0) is 0 Å². The summed E-state index contributed by atoms with van der Waals surface area (Å²) in [6.07, 6.45) is 0. The van der Waals surface area contributed by atoms with Crippen LogP contribution in [-0.4, -0.2) is 6.79 Å². The highest BCUT2D eigenvalue weighted by atomic mass is 127. The van der Waals surface area contributed by atoms with Gasteiger partial charge in [0.05, 0.1) is 5.39 Å². The number of halogens is 1. The average molecular weight is 470 g/mol. The molecule has 2 aromatic carbocycles. The van der Waals surface area contributed by atoms with Gasteiger partial charge in [-0.2, -0.15) is 0 Å². The summed E-state index contributed by atoms with van der Waals surface area (Å²) < 4.78 is 22.0. The molecule has 1 unspecified atom stereocenters. The van der Waals surface area contributed by atoms with E-state index in [9.17, 15) is 4.79 Å². The first kappa shape index (κ1) is 18.0. The SMILES string of the molecule is CC.O=c1cc(-c2ccc3c(c2)OCO3)oc2cc(OPI)ccc12. The van der Waals surface area contributed by atoms with E-state index in [1.54, 1.807) is 30.3 Å². The van der Waals surface area contributed by atoms with Crippen LogP contribution >= 0.6 is 28.5 Å². The summed E-state index contributed by atoms with van der Waals surface area (Å²) >= 11 is 2.14. The molecule has 3 aromatic rings. The molecule has 0 aliphatic carbocycles. The van der Waals surface area contributed by atoms with Gasteiger partial charge in [-0.3, -0.25) is 4.79 Å². The molecule has 0 amide bonds. The quantitative estimate of drug-likeness (QED) is 0.372. The highest BCUT2D eigenvalue weighted by Crippen LogP contribution is 2.36. The van der Waals surface area contributed by atoms with Crippen LogP contribution in [0.15, 0.2) is 51.7 Å². The number of fused-ring (bicyclic) bond motifs is 2. The van der Waals surface area contributed by atoms with Gasteiger partial charge in [-0.25, -0.2) is 0 Å². The average Bonchev–Trinajstić information content (AvgIpc) is 3.11. The molecular weight excluding hydrogens is 454 g/mol. The fourth-order valence-electron chi connectivity index (χ4n) is 2.44. The zero-order valence-corrected chi connectivity index (χ0v) is 16.8. The van der Waals surface area contributed by atoms with Crippen LogP contribution in [0.4, 0.5) is 0 Å². The van der Waals surface area contributed by atoms with Crippen LogP contribution in [0.25, 0.3) is 22.3 Å². The summed E-state index contributed by atoms with van der Waals surface area (Å²) in [4.78, 5) is 12.3. The summed E-state index contributed by atoms with van der Waals surface area (Å²) in [6, 6.07) is 12.2. The third kappa shape index (κ3) is 3.75. The van der Waals surface area contributed by atoms with Gasteiger partial charge in [-0.1, -0.05) is 13.8 Å². The van der Waals surface area contributed by atoms with Crippen molar-refractivity contribution < 1.29 is 18.4 Å². The Bertz CT molecular complexity index is 954. The Kier molecular flexibility index (Phi) is 5.81. The Morgan fingerprint density at radius 3 is 2.64 bits per heavy atom. The molecule has 0 bridgehead atoms. The molecule has 1 aliphatic rings. The molecule has 5 nitrogen and oxygen atoms in total. The van der Waals surface area contributed by atoms with Crippen LogP contribution in [0, 0.1) is 0 Å². The maximum atomic E-state index is 12.3. The van der Waals surface area contributed by atoms with Gasteiger partial charge in [0.15, 0.2) is 16.9 Å². The fraction of sp³-hybridized carbons (Fsp3) is 0.167. The first-order valence-electron chi connectivity index (χ1n) is 7.75. The van der Waals surface area contributed by atoms with Gasteiger partial charge < -0.3 is 18.4 Å². The molecule has 130 valence electrons. The molecule has 25 heavy (non-hydrogen) atoms. The van der Waals surface area contributed by atoms with Crippen LogP contribution in [0.5, 0.6) is 17.2 Å². The predicted octanol–water partition coefficient (Wildman–Crippen LogP) is 5.54. The van der Waals surface area contributed by atoms with E-state index < -0.39 is 0 Å². The van der Waals surface area contributed by atoms with Crippen LogP contribution in [0.2, 0.25) is 0 Å². The van der Waals surface area contributed by atoms with Crippen molar-refractivity contribution in [2.45, 2.75) is 13.8 Å². The highest BCUT2D eigenvalue weighted by molar-refractivity contribution is 14.2. The molecule has 0 saturated heterocycles. The van der Waals surface area contributed by atoms with Gasteiger partial charge in [-0.15, -0.1) is 0 Å². The van der Waals surface area contributed by atoms with Gasteiger partial charge in [0.25, 0.3) is 0 Å². The van der Waals surface area contributed by atoms with Crippen molar-refractivity contribution in [3.05, 3.63) is 52.7 Å². The number of rotatable bonds is 3. The molecule has 0 radical (unpaired) electrons. The summed E-state index contributed by atoms with van der Waals surface area (Å²) in [5.41, 5.74) is 1.16. The van der Waals surface area contributed by atoms with Crippen molar-refractivity contribution in [1.29, 1.82) is 0 Å². The number of benzene rings is 2. The van der Waals surface area contributed by atoms with Crippen molar-refractivity contribution in [2.24, 2.45) is 0 Å². The molecule has 7 heteroatoms. The van der Waals surface area contributed by atoms with Crippen molar-refractivity contribution in [3.8, 4) is 28.6 Å². The Labute approximate surface area is 159 Å². The molecule has 0 saturated carbocycles. The standard InChI is InChI=1S/C16H10IO5P.C2H6/c17-23-22-10-2-3-11-12(18)7-14(21-15(11)6-10)9-1-4-13-16(5-9)20-8-19-13;1-2/h1-7,23H,8H2;1-2H3. The first-order valence-corrected chi connectivity index (χ1v) is 11.8. The lowest BCUT2D eigenvalue weighted by Gasteiger charge is -2.06. The van der Waals surface area contributed by atoms with Gasteiger partial charge in [0, 0.05) is 17.7 Å². The molecule has 4 rings (SSSR count). The highest BCUT2D eigenvalue weighted by Gasteiger charge is 2.15. The molecule has 1 atom stereocenters. The Morgan fingerprint density at radius 2 is 1.84 bits per heavy atom. The molecule has 2 heterocycles. The summed E-state index contributed by atoms with van der Waals surface area (Å²) in [5.74, 6) is 2.50. The van der Waals surface area contributed by atoms with E-state index in [0.29, 0.717) is 40.4 Å². The van der Waals surface area contributed by atoms with E-state index in [1.165, 1.54) is 6.07 Å². The van der Waals surface area contributed by atoms with Crippen LogP contribution in [0.1, 0.15) is 13.8 Å². The topological polar surface area (TPSA) is 57.9 Å². The van der Waals surface area contributed by atoms with Crippen molar-refractivity contribution in [3.63, 3.8) is 0 Å². The third-order valence-electron chi connectivity index (χ3n) is 3.51. The predicted molar refractivity (Wildman–Crippen MR) is 108 cm³/mol. The monoisotopic (exact) mass is 470 g/mol. The molecule has 1 aromatic heterocycles. The lowest BCUT2D eigenvalue weighted by molar-refractivity contribution is 0.174. The summed E-state index contributed by atoms with van der Waals surface area (Å²) in [5, 5.41) is 0.527. The minimum atomic E-state index is -0.0950. The molecule has 0 fully saturated rings. The summed E-state index contributed by atoms with van der Waals surface area (Å²) in [7, 11) is 0. The fourth-order valence-corrected chi connectivity index (χ4v) is 3.41. The number of ether oxygens (including phenoxy) is 2. The second-order valence-electron chi connectivity index (χ2n) is 4.88. The summed E-state index contributed by atoms with van der Waals surface area (Å²) in [6.45, 7) is 4.50. The molecule has 0 spiro atoms. The van der Waals surface area contributed by atoms with Crippen molar-refractivity contribution in [1.82, 2.24) is 0 Å². The van der Waals surface area contributed by atoms with E-state index in [2.05, 4.69) is 22.0 Å². The Hall–Kier alpha value is -1.79. The minimum Gasteiger partial charge on any atom is -0.467 e. The minimum absolute atomic E-state index is 0.0950. The van der Waals surface area contributed by atoms with Gasteiger partial charge >= 0.3 is 0 Å². The van der Waals surface area contributed by atoms with Gasteiger partial charge in [0.2, 0.25) is 6.79 Å². The lowest BCUT2D eigenvalue weighted by atomic mass is 10.1. The van der Waals surface area contributed by atoms with E-state index in [1.807, 2.05) is 19.9 Å². The zero-order chi connectivity index (χ0) is 17.8. The second kappa shape index (κ2) is 8.06. The van der Waals surface area contributed by atoms with Gasteiger partial charge in [0.1, 0.15) is 23.5 Å². The van der Waals surface area contributed by atoms with Crippen LogP contribution < -0.4 is 19.4 Å². The normalized spacial score (nSPS) is 12.3. The molecular formula is C18H16IO5P. The molecule has 0 N–H and O–H groups in total. The van der Waals surface area contributed by atoms with Crippen LogP contribution in [0.3, 0.4) is 0 Å². The van der Waals surface area contributed by atoms with Crippen molar-refractivity contribution in [2.75, 3.05) is 6.79 Å². The largest absolute Gasteiger partial charge is 0.467 e. The maximum absolute atomic E-state index is 12.3. The smallest absolute Gasteiger partial charge is 0.231 e. The number of hydrogen-bond acceptors (Lipinski definition) is 5. The maximum Gasteiger partial charge on any atom is 0.231 e. The lowest BCUT2D eigenvalue weighted by Crippen LogP contribution is -2.00. The molecule has 1 aliphatic heterocycles. The van der Waals surface area contributed by atoms with Gasteiger partial charge in [-0.05, 0) is 52.4 Å². The second-order valence-corrected chi connectivity index (χ2v) is 6.56. The Balaban J connectivity index is 0.000000880. The Morgan fingerprint density at radius 1 is 1.04 bits per heavy atom. The van der Waals surface area contributed by atoms with E-state index >= 15 is 0 Å². The van der Waals surface area contributed by atoms with E-state index in [4.69, 9.17) is 18.4 Å². The number of hydrogen-bond donors (Lipinski definition) is 0. The van der Waals surface area contributed by atoms with Crippen molar-refractivity contribution >= 4 is 39.5 Å². The first-order chi connectivity index (χ1) is 12.2. The third-order valence-corrected chi connectivity index (χ3v) is 4.49. The van der Waals surface area contributed by atoms with E-state index in [0.717, 1.165) is 5.56 Å². The van der Waals surface area contributed by atoms with E-state index in [-0.39, 0.29) is 12.2 Å². The zero-order valence-electron chi connectivity index (χ0n) is 13.7.